The first-order chi connectivity index (χ1) is 11.6. The molecule has 1 aliphatic heterocycles. The van der Waals surface area contributed by atoms with Gasteiger partial charge in [0, 0.05) is 37.1 Å². The summed E-state index contributed by atoms with van der Waals surface area (Å²) in [6, 6.07) is 4.48. The van der Waals surface area contributed by atoms with E-state index in [1.165, 1.54) is 18.2 Å². The predicted octanol–water partition coefficient (Wildman–Crippen LogP) is 2.76. The van der Waals surface area contributed by atoms with E-state index >= 15 is 0 Å². The highest BCUT2D eigenvalue weighted by molar-refractivity contribution is 7.99. The molecule has 0 saturated carbocycles. The summed E-state index contributed by atoms with van der Waals surface area (Å²) in [5.74, 6) is 1.34. The molecule has 1 fully saturated rings. The second-order valence-corrected chi connectivity index (χ2v) is 7.27. The number of thioether (sulfide) groups is 1. The van der Waals surface area contributed by atoms with Crippen LogP contribution < -0.4 is 0 Å². The van der Waals surface area contributed by atoms with Crippen LogP contribution in [-0.2, 0) is 11.8 Å². The molecule has 2 aromatic rings. The molecule has 3 rings (SSSR count). The van der Waals surface area contributed by atoms with E-state index in [1.807, 2.05) is 28.6 Å². The number of aromatic nitrogens is 4. The van der Waals surface area contributed by atoms with Gasteiger partial charge < -0.3 is 9.47 Å². The van der Waals surface area contributed by atoms with Crippen molar-refractivity contribution in [3.63, 3.8) is 0 Å². The van der Waals surface area contributed by atoms with Crippen molar-refractivity contribution in [1.29, 1.82) is 0 Å². The monoisotopic (exact) mass is 345 g/mol. The van der Waals surface area contributed by atoms with Gasteiger partial charge in [-0.15, -0.1) is 10.2 Å². The molecule has 0 N–H and O–H groups in total. The van der Waals surface area contributed by atoms with E-state index in [9.17, 15) is 4.79 Å². The summed E-state index contributed by atoms with van der Waals surface area (Å²) in [5, 5.41) is 9.21. The Hall–Kier alpha value is -1.89. The third-order valence-electron chi connectivity index (χ3n) is 4.56. The van der Waals surface area contributed by atoms with E-state index in [4.69, 9.17) is 0 Å². The summed E-state index contributed by atoms with van der Waals surface area (Å²) >= 11 is 1.45. The second kappa shape index (κ2) is 7.34. The average molecular weight is 345 g/mol. The molecule has 24 heavy (non-hydrogen) atoms. The lowest BCUT2D eigenvalue weighted by atomic mass is 9.98. The topological polar surface area (TPSA) is 63.9 Å². The lowest BCUT2D eigenvalue weighted by molar-refractivity contribution is -0.134. The minimum absolute atomic E-state index is 0.186. The van der Waals surface area contributed by atoms with Crippen LogP contribution in [-0.4, -0.2) is 48.4 Å². The number of hydrogen-bond donors (Lipinski definition) is 0. The molecular formula is C17H23N5OS. The van der Waals surface area contributed by atoms with Crippen molar-refractivity contribution in [3.8, 4) is 11.4 Å². The van der Waals surface area contributed by atoms with Crippen LogP contribution in [0.3, 0.4) is 0 Å². The fourth-order valence-corrected chi connectivity index (χ4v) is 4.08. The fraction of sp³-hybridized carbons (Fsp3) is 0.529. The molecule has 3 heterocycles. The van der Waals surface area contributed by atoms with E-state index in [1.54, 1.807) is 12.4 Å². The molecule has 0 unspecified atom stereocenters. The number of piperidine rings is 1. The van der Waals surface area contributed by atoms with Crippen LogP contribution in [0.15, 0.2) is 29.7 Å². The lowest BCUT2D eigenvalue weighted by Crippen LogP contribution is -2.48. The van der Waals surface area contributed by atoms with Crippen LogP contribution in [0, 0.1) is 0 Å². The van der Waals surface area contributed by atoms with Gasteiger partial charge in [0.05, 0.1) is 5.75 Å². The number of nitrogens with zero attached hydrogens (tertiary/aromatic N) is 5. The Labute approximate surface area is 146 Å². The van der Waals surface area contributed by atoms with Crippen molar-refractivity contribution in [2.24, 2.45) is 7.05 Å². The van der Waals surface area contributed by atoms with Gasteiger partial charge in [-0.1, -0.05) is 11.8 Å². The first-order valence-electron chi connectivity index (χ1n) is 8.31. The van der Waals surface area contributed by atoms with Crippen molar-refractivity contribution < 1.29 is 4.79 Å². The molecule has 2 atom stereocenters. The van der Waals surface area contributed by atoms with Gasteiger partial charge >= 0.3 is 0 Å². The molecule has 7 heteroatoms. The SMILES string of the molecule is C[C@@H]1CCC[C@@H](C)N1C(=O)CSc1nnc(-c2cccnc2)n1C. The molecular weight excluding hydrogens is 322 g/mol. The molecule has 2 aromatic heterocycles. The zero-order valence-electron chi connectivity index (χ0n) is 14.3. The number of carbonyl (C=O) groups is 1. The summed E-state index contributed by atoms with van der Waals surface area (Å²) < 4.78 is 1.91. The lowest BCUT2D eigenvalue weighted by Gasteiger charge is -2.39. The van der Waals surface area contributed by atoms with Gasteiger partial charge in [-0.3, -0.25) is 9.78 Å². The summed E-state index contributed by atoms with van der Waals surface area (Å²) in [6.07, 6.45) is 6.89. The first kappa shape index (κ1) is 17.0. The van der Waals surface area contributed by atoms with E-state index < -0.39 is 0 Å². The largest absolute Gasteiger partial charge is 0.337 e. The van der Waals surface area contributed by atoms with Crippen molar-refractivity contribution in [2.45, 2.75) is 50.4 Å². The Morgan fingerprint density at radius 3 is 2.71 bits per heavy atom. The van der Waals surface area contributed by atoms with Crippen LogP contribution in [0.5, 0.6) is 0 Å². The third-order valence-corrected chi connectivity index (χ3v) is 5.57. The van der Waals surface area contributed by atoms with Crippen molar-refractivity contribution in [1.82, 2.24) is 24.6 Å². The Balaban J connectivity index is 1.67. The van der Waals surface area contributed by atoms with Crippen LogP contribution in [0.2, 0.25) is 0 Å². The Morgan fingerprint density at radius 1 is 1.29 bits per heavy atom. The van der Waals surface area contributed by atoms with Crippen LogP contribution in [0.1, 0.15) is 33.1 Å². The number of hydrogen-bond acceptors (Lipinski definition) is 5. The number of amides is 1. The fourth-order valence-electron chi connectivity index (χ4n) is 3.30. The molecule has 0 radical (unpaired) electrons. The van der Waals surface area contributed by atoms with Crippen LogP contribution in [0.4, 0.5) is 0 Å². The highest BCUT2D eigenvalue weighted by Crippen LogP contribution is 2.26. The van der Waals surface area contributed by atoms with E-state index in [2.05, 4.69) is 29.0 Å². The quantitative estimate of drug-likeness (QED) is 0.797. The Kier molecular flexibility index (Phi) is 5.18. The molecule has 1 aliphatic rings. The Bertz CT molecular complexity index is 692. The number of carbonyl (C=O) groups excluding carboxylic acids is 1. The maximum absolute atomic E-state index is 12.6. The van der Waals surface area contributed by atoms with Crippen molar-refractivity contribution in [3.05, 3.63) is 24.5 Å². The molecule has 0 aliphatic carbocycles. The maximum Gasteiger partial charge on any atom is 0.233 e. The van der Waals surface area contributed by atoms with Gasteiger partial charge in [0.2, 0.25) is 5.91 Å². The van der Waals surface area contributed by atoms with Gasteiger partial charge in [-0.25, -0.2) is 0 Å². The smallest absolute Gasteiger partial charge is 0.233 e. The van der Waals surface area contributed by atoms with Gasteiger partial charge in [-0.05, 0) is 45.2 Å². The van der Waals surface area contributed by atoms with E-state index in [0.717, 1.165) is 29.4 Å². The third kappa shape index (κ3) is 3.45. The summed E-state index contributed by atoms with van der Waals surface area (Å²) in [7, 11) is 1.92. The van der Waals surface area contributed by atoms with Crippen molar-refractivity contribution >= 4 is 17.7 Å². The maximum atomic E-state index is 12.6. The normalized spacial score (nSPS) is 21.0. The summed E-state index contributed by atoms with van der Waals surface area (Å²) in [6.45, 7) is 4.28. The first-order valence-corrected chi connectivity index (χ1v) is 9.30. The number of pyridine rings is 1. The van der Waals surface area contributed by atoms with Crippen LogP contribution >= 0.6 is 11.8 Å². The van der Waals surface area contributed by atoms with Gasteiger partial charge in [0.1, 0.15) is 0 Å². The minimum atomic E-state index is 0.186. The molecule has 128 valence electrons. The predicted molar refractivity (Wildman–Crippen MR) is 94.6 cm³/mol. The average Bonchev–Trinajstić information content (AvgIpc) is 2.94. The summed E-state index contributed by atoms with van der Waals surface area (Å²) in [4.78, 5) is 18.8. The number of likely N-dealkylation sites (tertiary alicyclic amines) is 1. The zero-order chi connectivity index (χ0) is 17.1. The standard InChI is InChI=1S/C17H23N5OS/c1-12-6-4-7-13(2)22(12)15(23)11-24-17-20-19-16(21(17)3)14-8-5-9-18-10-14/h5,8-10,12-13H,4,6-7,11H2,1-3H3/t12-,13-/m1/s1. The second-order valence-electron chi connectivity index (χ2n) is 6.33. The van der Waals surface area contributed by atoms with Gasteiger partial charge in [0.15, 0.2) is 11.0 Å². The van der Waals surface area contributed by atoms with Crippen LogP contribution in [0.25, 0.3) is 11.4 Å². The molecule has 1 saturated heterocycles. The zero-order valence-corrected chi connectivity index (χ0v) is 15.2. The van der Waals surface area contributed by atoms with E-state index in [-0.39, 0.29) is 5.91 Å². The van der Waals surface area contributed by atoms with Gasteiger partial charge in [0.25, 0.3) is 0 Å². The highest BCUT2D eigenvalue weighted by Gasteiger charge is 2.29. The summed E-state index contributed by atoms with van der Waals surface area (Å²) in [5.41, 5.74) is 0.920. The minimum Gasteiger partial charge on any atom is -0.337 e. The molecule has 0 aromatic carbocycles. The molecule has 1 amide bonds. The highest BCUT2D eigenvalue weighted by atomic mass is 32.2. The number of rotatable bonds is 4. The van der Waals surface area contributed by atoms with Gasteiger partial charge in [-0.2, -0.15) is 0 Å². The molecule has 0 spiro atoms. The molecule has 6 nitrogen and oxygen atoms in total. The molecule has 0 bridgehead atoms. The van der Waals surface area contributed by atoms with E-state index in [0.29, 0.717) is 17.8 Å². The van der Waals surface area contributed by atoms with Crippen molar-refractivity contribution in [2.75, 3.05) is 5.75 Å². The Morgan fingerprint density at radius 2 is 2.04 bits per heavy atom.